The molecule has 0 bridgehead atoms. The van der Waals surface area contributed by atoms with Gasteiger partial charge in [-0.05, 0) is 18.6 Å². The summed E-state index contributed by atoms with van der Waals surface area (Å²) < 4.78 is 14.4. The van der Waals surface area contributed by atoms with E-state index >= 15 is 0 Å². The van der Waals surface area contributed by atoms with E-state index in [4.69, 9.17) is 0 Å². The minimum Gasteiger partial charge on any atom is -0.368 e. The Morgan fingerprint density at radius 1 is 1.08 bits per heavy atom. The van der Waals surface area contributed by atoms with Gasteiger partial charge in [0.2, 0.25) is 11.8 Å². The first-order chi connectivity index (χ1) is 12.4. The van der Waals surface area contributed by atoms with Crippen LogP contribution in [0.25, 0.3) is 0 Å². The van der Waals surface area contributed by atoms with E-state index in [9.17, 15) is 28.4 Å². The lowest BCUT2D eigenvalue weighted by molar-refractivity contribution is -0.136. The Morgan fingerprint density at radius 3 is 2.35 bits per heavy atom. The van der Waals surface area contributed by atoms with E-state index in [1.165, 1.54) is 6.07 Å². The number of carbonyl (C=O) groups excluding carboxylic acids is 5. The Bertz CT molecular complexity index is 877. The quantitative estimate of drug-likeness (QED) is 0.595. The summed E-state index contributed by atoms with van der Waals surface area (Å²) in [5.74, 6) is -3.46. The first-order valence-corrected chi connectivity index (χ1v) is 8.16. The van der Waals surface area contributed by atoms with Gasteiger partial charge in [-0.1, -0.05) is 0 Å². The number of rotatable bonds is 3. The van der Waals surface area contributed by atoms with Crippen molar-refractivity contribution in [2.24, 2.45) is 5.92 Å². The Morgan fingerprint density at radius 2 is 1.73 bits per heavy atom. The Kier molecular flexibility index (Phi) is 3.60. The molecule has 3 aliphatic rings. The van der Waals surface area contributed by atoms with Crippen molar-refractivity contribution in [2.75, 3.05) is 18.0 Å². The van der Waals surface area contributed by atoms with E-state index in [1.807, 2.05) is 0 Å². The number of carbonyl (C=O) groups is 5. The van der Waals surface area contributed by atoms with E-state index < -0.39 is 35.5 Å². The second kappa shape index (κ2) is 5.72. The second-order valence-corrected chi connectivity index (χ2v) is 6.60. The molecule has 1 atom stereocenters. The Hall–Kier alpha value is -3.10. The van der Waals surface area contributed by atoms with E-state index in [-0.39, 0.29) is 35.6 Å². The molecule has 4 amide bonds. The maximum absolute atomic E-state index is 14.4. The van der Waals surface area contributed by atoms with E-state index in [2.05, 4.69) is 5.32 Å². The summed E-state index contributed by atoms with van der Waals surface area (Å²) in [6.45, 7) is 0.691. The number of nitrogens with zero attached hydrogens (tertiary/aromatic N) is 2. The summed E-state index contributed by atoms with van der Waals surface area (Å²) in [5.41, 5.74) is 0.0622. The molecule has 3 heterocycles. The van der Waals surface area contributed by atoms with Crippen molar-refractivity contribution in [3.8, 4) is 0 Å². The lowest BCUT2D eigenvalue weighted by atomic mass is 9.99. The molecule has 26 heavy (non-hydrogen) atoms. The molecule has 3 aliphatic heterocycles. The number of fused-ring (bicyclic) bond motifs is 1. The maximum Gasteiger partial charge on any atom is 0.262 e. The highest BCUT2D eigenvalue weighted by Gasteiger charge is 2.45. The first-order valence-electron chi connectivity index (χ1n) is 8.16. The SMILES string of the molecule is O=CC1CN(c2cc3c(cc2F)C(=O)N(C2CCC(=O)NC2=O)C3=O)C1. The zero-order valence-electron chi connectivity index (χ0n) is 13.5. The molecule has 1 N–H and O–H groups in total. The van der Waals surface area contributed by atoms with Crippen LogP contribution in [0.4, 0.5) is 10.1 Å². The molecule has 1 aromatic carbocycles. The van der Waals surface area contributed by atoms with Gasteiger partial charge in [0.15, 0.2) is 0 Å². The molecule has 2 saturated heterocycles. The molecular formula is C17H14FN3O5. The zero-order valence-corrected chi connectivity index (χ0v) is 13.5. The van der Waals surface area contributed by atoms with Gasteiger partial charge in [0.1, 0.15) is 18.1 Å². The molecule has 0 aromatic heterocycles. The fourth-order valence-electron chi connectivity index (χ4n) is 3.52. The van der Waals surface area contributed by atoms with Crippen molar-refractivity contribution in [2.45, 2.75) is 18.9 Å². The predicted molar refractivity (Wildman–Crippen MR) is 84.8 cm³/mol. The molecular weight excluding hydrogens is 345 g/mol. The van der Waals surface area contributed by atoms with Crippen LogP contribution >= 0.6 is 0 Å². The topological polar surface area (TPSA) is 104 Å². The number of aldehydes is 1. The van der Waals surface area contributed by atoms with Gasteiger partial charge in [0.25, 0.3) is 11.8 Å². The fraction of sp³-hybridized carbons (Fsp3) is 0.353. The number of benzene rings is 1. The van der Waals surface area contributed by atoms with E-state index in [1.54, 1.807) is 4.90 Å². The molecule has 9 heteroatoms. The third kappa shape index (κ3) is 2.31. The highest BCUT2D eigenvalue weighted by molar-refractivity contribution is 6.23. The summed E-state index contributed by atoms with van der Waals surface area (Å²) in [6.07, 6.45) is 0.851. The average molecular weight is 359 g/mol. The summed E-state index contributed by atoms with van der Waals surface area (Å²) >= 11 is 0. The minimum atomic E-state index is -1.09. The number of anilines is 1. The van der Waals surface area contributed by atoms with Gasteiger partial charge in [-0.3, -0.25) is 29.4 Å². The normalized spacial score (nSPS) is 23.0. The lowest BCUT2D eigenvalue weighted by Crippen LogP contribution is -2.54. The largest absolute Gasteiger partial charge is 0.368 e. The third-order valence-corrected chi connectivity index (χ3v) is 4.95. The van der Waals surface area contributed by atoms with Crippen LogP contribution in [-0.4, -0.2) is 53.9 Å². The Labute approximate surface area is 146 Å². The second-order valence-electron chi connectivity index (χ2n) is 6.60. The van der Waals surface area contributed by atoms with Gasteiger partial charge < -0.3 is 9.69 Å². The molecule has 134 valence electrons. The molecule has 0 aliphatic carbocycles. The molecule has 0 radical (unpaired) electrons. The van der Waals surface area contributed by atoms with Crippen molar-refractivity contribution < 1.29 is 28.4 Å². The number of piperidine rings is 1. The maximum atomic E-state index is 14.4. The van der Waals surface area contributed by atoms with Crippen LogP contribution in [0.15, 0.2) is 12.1 Å². The molecule has 0 saturated carbocycles. The van der Waals surface area contributed by atoms with Crippen LogP contribution in [0.2, 0.25) is 0 Å². The van der Waals surface area contributed by atoms with Crippen molar-refractivity contribution in [1.82, 2.24) is 10.2 Å². The summed E-state index contributed by atoms with van der Waals surface area (Å²) in [6, 6.07) is 1.19. The van der Waals surface area contributed by atoms with Crippen LogP contribution < -0.4 is 10.2 Å². The highest BCUT2D eigenvalue weighted by Crippen LogP contribution is 2.34. The van der Waals surface area contributed by atoms with Crippen molar-refractivity contribution in [1.29, 1.82) is 0 Å². The van der Waals surface area contributed by atoms with Crippen LogP contribution in [-0.2, 0) is 14.4 Å². The van der Waals surface area contributed by atoms with Crippen LogP contribution in [0, 0.1) is 11.7 Å². The fourth-order valence-corrected chi connectivity index (χ4v) is 3.52. The lowest BCUT2D eigenvalue weighted by Gasteiger charge is -2.38. The van der Waals surface area contributed by atoms with Crippen molar-refractivity contribution in [3.05, 3.63) is 29.1 Å². The number of hydrogen-bond donors (Lipinski definition) is 1. The number of nitrogens with one attached hydrogen (secondary N) is 1. The zero-order chi connectivity index (χ0) is 18.6. The number of imide groups is 2. The molecule has 1 unspecified atom stereocenters. The van der Waals surface area contributed by atoms with Crippen LogP contribution in [0.5, 0.6) is 0 Å². The summed E-state index contributed by atoms with van der Waals surface area (Å²) in [7, 11) is 0. The standard InChI is InChI=1S/C17H14FN3O5/c18-11-3-9-10(4-13(11)20-5-8(6-20)7-22)17(26)21(16(9)25)12-1-2-14(23)19-15(12)24/h3-4,7-8,12H,1-2,5-6H2,(H,19,23,24). The highest BCUT2D eigenvalue weighted by atomic mass is 19.1. The van der Waals surface area contributed by atoms with Gasteiger partial charge in [-0.25, -0.2) is 4.39 Å². The van der Waals surface area contributed by atoms with Gasteiger partial charge in [0.05, 0.1) is 16.8 Å². The van der Waals surface area contributed by atoms with Crippen LogP contribution in [0.1, 0.15) is 33.6 Å². The average Bonchev–Trinajstić information content (AvgIpc) is 2.78. The van der Waals surface area contributed by atoms with Crippen molar-refractivity contribution in [3.63, 3.8) is 0 Å². The molecule has 1 aromatic rings. The summed E-state index contributed by atoms with van der Waals surface area (Å²) in [4.78, 5) is 61.6. The summed E-state index contributed by atoms with van der Waals surface area (Å²) in [5, 5.41) is 2.11. The smallest absolute Gasteiger partial charge is 0.262 e. The van der Waals surface area contributed by atoms with Crippen molar-refractivity contribution >= 4 is 35.6 Å². The molecule has 8 nitrogen and oxygen atoms in total. The van der Waals surface area contributed by atoms with E-state index in [0.29, 0.717) is 13.1 Å². The molecule has 4 rings (SSSR count). The molecule has 0 spiro atoms. The van der Waals surface area contributed by atoms with E-state index in [0.717, 1.165) is 17.3 Å². The minimum absolute atomic E-state index is 0.0181. The third-order valence-electron chi connectivity index (χ3n) is 4.95. The molecule has 2 fully saturated rings. The Balaban J connectivity index is 1.65. The predicted octanol–water partition coefficient (Wildman–Crippen LogP) is -0.138. The number of halogens is 1. The number of amides is 4. The van der Waals surface area contributed by atoms with Gasteiger partial charge in [0, 0.05) is 25.4 Å². The first kappa shape index (κ1) is 16.4. The monoisotopic (exact) mass is 359 g/mol. The van der Waals surface area contributed by atoms with Gasteiger partial charge >= 0.3 is 0 Å². The number of hydrogen-bond acceptors (Lipinski definition) is 6. The van der Waals surface area contributed by atoms with Crippen LogP contribution in [0.3, 0.4) is 0 Å². The van der Waals surface area contributed by atoms with Gasteiger partial charge in [-0.15, -0.1) is 0 Å². The van der Waals surface area contributed by atoms with Gasteiger partial charge in [-0.2, -0.15) is 0 Å².